The standard InChI is InChI=1S/C17H18F3N3O3S/c1-3-16(6-7-16)14(25)23(2)9-13(24)22-15-21-11-5-4-10(8-12(11)27-15)26-17(18,19)20/h4-5,8H,3,6-7,9H2,1-2H3,(H,21,22,24). The predicted molar refractivity (Wildman–Crippen MR) is 94.5 cm³/mol. The third-order valence-corrected chi connectivity index (χ3v) is 5.48. The number of benzene rings is 1. The highest BCUT2D eigenvalue weighted by Gasteiger charge is 2.49. The van der Waals surface area contributed by atoms with Gasteiger partial charge < -0.3 is 15.0 Å². The van der Waals surface area contributed by atoms with Crippen molar-refractivity contribution in [2.45, 2.75) is 32.5 Å². The van der Waals surface area contributed by atoms with Gasteiger partial charge in [0.15, 0.2) is 5.13 Å². The van der Waals surface area contributed by atoms with Crippen molar-refractivity contribution in [3.05, 3.63) is 18.2 Å². The zero-order valence-electron chi connectivity index (χ0n) is 14.7. The summed E-state index contributed by atoms with van der Waals surface area (Å²) in [5, 5.41) is 2.83. The number of likely N-dealkylation sites (N-methyl/N-ethyl adjacent to an activating group) is 1. The first-order chi connectivity index (χ1) is 12.6. The van der Waals surface area contributed by atoms with Crippen LogP contribution >= 0.6 is 11.3 Å². The van der Waals surface area contributed by atoms with Gasteiger partial charge in [0.2, 0.25) is 11.8 Å². The van der Waals surface area contributed by atoms with Gasteiger partial charge in [0.1, 0.15) is 5.75 Å². The number of halogens is 3. The number of amides is 2. The van der Waals surface area contributed by atoms with Gasteiger partial charge in [-0.1, -0.05) is 18.3 Å². The van der Waals surface area contributed by atoms with Crippen molar-refractivity contribution in [1.29, 1.82) is 0 Å². The number of ether oxygens (including phenoxy) is 1. The highest BCUT2D eigenvalue weighted by atomic mass is 32.1. The highest BCUT2D eigenvalue weighted by Crippen LogP contribution is 2.49. The molecule has 2 aromatic rings. The molecule has 1 aliphatic carbocycles. The van der Waals surface area contributed by atoms with E-state index in [9.17, 15) is 22.8 Å². The molecule has 0 radical (unpaired) electrons. The molecule has 1 aromatic heterocycles. The Hall–Kier alpha value is -2.36. The van der Waals surface area contributed by atoms with Gasteiger partial charge in [-0.05, 0) is 31.4 Å². The summed E-state index contributed by atoms with van der Waals surface area (Å²) in [7, 11) is 1.58. The van der Waals surface area contributed by atoms with Crippen LogP contribution in [-0.4, -0.2) is 41.7 Å². The van der Waals surface area contributed by atoms with Crippen molar-refractivity contribution >= 4 is 38.5 Å². The number of alkyl halides is 3. The maximum absolute atomic E-state index is 12.4. The fourth-order valence-electron chi connectivity index (χ4n) is 2.88. The molecule has 0 unspecified atom stereocenters. The van der Waals surface area contributed by atoms with E-state index in [1.165, 1.54) is 17.0 Å². The fraction of sp³-hybridized carbons (Fsp3) is 0.471. The Morgan fingerprint density at radius 3 is 2.67 bits per heavy atom. The Kier molecular flexibility index (Phi) is 5.02. The number of carbonyl (C=O) groups excluding carboxylic acids is 2. The first-order valence-electron chi connectivity index (χ1n) is 8.34. The molecule has 10 heteroatoms. The van der Waals surface area contributed by atoms with E-state index in [0.29, 0.717) is 10.2 Å². The molecule has 6 nitrogen and oxygen atoms in total. The summed E-state index contributed by atoms with van der Waals surface area (Å²) in [6.45, 7) is 1.84. The minimum atomic E-state index is -4.77. The normalized spacial score (nSPS) is 15.4. The third kappa shape index (κ3) is 4.49. The van der Waals surface area contributed by atoms with Crippen molar-refractivity contribution in [1.82, 2.24) is 9.88 Å². The number of rotatable bonds is 6. The molecule has 1 N–H and O–H groups in total. The van der Waals surface area contributed by atoms with Crippen molar-refractivity contribution < 1.29 is 27.5 Å². The molecule has 0 aliphatic heterocycles. The Morgan fingerprint density at radius 1 is 1.37 bits per heavy atom. The topological polar surface area (TPSA) is 71.5 Å². The van der Waals surface area contributed by atoms with Crippen molar-refractivity contribution in [2.24, 2.45) is 5.41 Å². The van der Waals surface area contributed by atoms with Gasteiger partial charge in [0.25, 0.3) is 0 Å². The van der Waals surface area contributed by atoms with Crippen LogP contribution in [0.25, 0.3) is 10.2 Å². The Bertz CT molecular complexity index is 877. The van der Waals surface area contributed by atoms with Gasteiger partial charge in [-0.3, -0.25) is 9.59 Å². The van der Waals surface area contributed by atoms with Crippen LogP contribution in [0.15, 0.2) is 18.2 Å². The molecule has 1 saturated carbocycles. The molecule has 3 rings (SSSR count). The summed E-state index contributed by atoms with van der Waals surface area (Å²) < 4.78 is 41.2. The van der Waals surface area contributed by atoms with Crippen molar-refractivity contribution in [3.8, 4) is 5.75 Å². The SMILES string of the molecule is CCC1(C(=O)N(C)CC(=O)Nc2nc3ccc(OC(F)(F)F)cc3s2)CC1. The Morgan fingerprint density at radius 2 is 2.07 bits per heavy atom. The van der Waals surface area contributed by atoms with Crippen molar-refractivity contribution in [2.75, 3.05) is 18.9 Å². The second-order valence-corrected chi connectivity index (χ2v) is 7.57. The number of hydrogen-bond donors (Lipinski definition) is 1. The number of aromatic nitrogens is 1. The van der Waals surface area contributed by atoms with Gasteiger partial charge >= 0.3 is 6.36 Å². The average Bonchev–Trinajstić information content (AvgIpc) is 3.27. The van der Waals surface area contributed by atoms with Crippen LogP contribution in [0.2, 0.25) is 0 Å². The zero-order valence-corrected chi connectivity index (χ0v) is 15.5. The highest BCUT2D eigenvalue weighted by molar-refractivity contribution is 7.22. The second-order valence-electron chi connectivity index (χ2n) is 6.54. The summed E-state index contributed by atoms with van der Waals surface area (Å²) >= 11 is 1.03. The van der Waals surface area contributed by atoms with Crippen LogP contribution in [0, 0.1) is 5.41 Å². The lowest BCUT2D eigenvalue weighted by molar-refractivity contribution is -0.274. The van der Waals surface area contributed by atoms with Gasteiger partial charge in [0, 0.05) is 18.5 Å². The number of thiazole rings is 1. The monoisotopic (exact) mass is 401 g/mol. The molecule has 1 fully saturated rings. The van der Waals surface area contributed by atoms with Crippen LogP contribution in [0.1, 0.15) is 26.2 Å². The van der Waals surface area contributed by atoms with E-state index in [0.717, 1.165) is 36.7 Å². The number of fused-ring (bicyclic) bond motifs is 1. The molecular weight excluding hydrogens is 383 g/mol. The van der Waals surface area contributed by atoms with Crippen LogP contribution in [-0.2, 0) is 9.59 Å². The summed E-state index contributed by atoms with van der Waals surface area (Å²) in [6.07, 6.45) is -2.34. The minimum Gasteiger partial charge on any atom is -0.406 e. The molecule has 2 amide bonds. The van der Waals surface area contributed by atoms with E-state index in [1.54, 1.807) is 7.05 Å². The smallest absolute Gasteiger partial charge is 0.406 e. The van der Waals surface area contributed by atoms with E-state index in [2.05, 4.69) is 15.0 Å². The molecule has 1 aromatic carbocycles. The van der Waals surface area contributed by atoms with Crippen LogP contribution in [0.4, 0.5) is 18.3 Å². The summed E-state index contributed by atoms with van der Waals surface area (Å²) in [4.78, 5) is 30.1. The second kappa shape index (κ2) is 6.99. The molecule has 27 heavy (non-hydrogen) atoms. The molecule has 0 spiro atoms. The van der Waals surface area contributed by atoms with Gasteiger partial charge in [-0.15, -0.1) is 13.2 Å². The zero-order chi connectivity index (χ0) is 19.8. The van der Waals surface area contributed by atoms with E-state index < -0.39 is 12.3 Å². The molecule has 0 atom stereocenters. The van der Waals surface area contributed by atoms with E-state index in [-0.39, 0.29) is 28.7 Å². The molecule has 0 bridgehead atoms. The molecule has 0 saturated heterocycles. The Balaban J connectivity index is 1.64. The van der Waals surface area contributed by atoms with Gasteiger partial charge in [-0.2, -0.15) is 0 Å². The number of nitrogens with zero attached hydrogens (tertiary/aromatic N) is 2. The van der Waals surface area contributed by atoms with Gasteiger partial charge in [0.05, 0.1) is 16.8 Å². The lowest BCUT2D eigenvalue weighted by atomic mass is 10.0. The van der Waals surface area contributed by atoms with Crippen LogP contribution < -0.4 is 10.1 Å². The summed E-state index contributed by atoms with van der Waals surface area (Å²) in [5.41, 5.74) is 0.122. The number of hydrogen-bond acceptors (Lipinski definition) is 5. The van der Waals surface area contributed by atoms with E-state index in [1.807, 2.05) is 6.92 Å². The maximum Gasteiger partial charge on any atom is 0.573 e. The van der Waals surface area contributed by atoms with Gasteiger partial charge in [-0.25, -0.2) is 4.98 Å². The van der Waals surface area contributed by atoms with E-state index in [4.69, 9.17) is 0 Å². The quantitative estimate of drug-likeness (QED) is 0.800. The average molecular weight is 401 g/mol. The number of anilines is 1. The van der Waals surface area contributed by atoms with Crippen molar-refractivity contribution in [3.63, 3.8) is 0 Å². The minimum absolute atomic E-state index is 0.0432. The number of nitrogens with one attached hydrogen (secondary N) is 1. The summed E-state index contributed by atoms with van der Waals surface area (Å²) in [5.74, 6) is -0.807. The molecular formula is C17H18F3N3O3S. The third-order valence-electron chi connectivity index (χ3n) is 4.55. The molecule has 1 aliphatic rings. The maximum atomic E-state index is 12.4. The molecule has 1 heterocycles. The first-order valence-corrected chi connectivity index (χ1v) is 9.15. The van der Waals surface area contributed by atoms with E-state index >= 15 is 0 Å². The Labute approximate surface area is 157 Å². The lowest BCUT2D eigenvalue weighted by Crippen LogP contribution is -2.39. The first kappa shape index (κ1) is 19.4. The molecule has 146 valence electrons. The van der Waals surface area contributed by atoms with Crippen LogP contribution in [0.3, 0.4) is 0 Å². The van der Waals surface area contributed by atoms with Crippen LogP contribution in [0.5, 0.6) is 5.75 Å². The fourth-order valence-corrected chi connectivity index (χ4v) is 3.79. The lowest BCUT2D eigenvalue weighted by Gasteiger charge is -2.21. The predicted octanol–water partition coefficient (Wildman–Crippen LogP) is 3.78. The summed E-state index contributed by atoms with van der Waals surface area (Å²) in [6, 6.07) is 3.76. The number of carbonyl (C=O) groups is 2. The largest absolute Gasteiger partial charge is 0.573 e.